The molecule has 2 rings (SSSR count). The van der Waals surface area contributed by atoms with Crippen molar-refractivity contribution in [3.8, 4) is 0 Å². The zero-order chi connectivity index (χ0) is 12.8. The zero-order valence-electron chi connectivity index (χ0n) is 10.4. The van der Waals surface area contributed by atoms with E-state index in [9.17, 15) is 4.79 Å². The van der Waals surface area contributed by atoms with Gasteiger partial charge in [0.05, 0.1) is 6.04 Å². The Hall–Kier alpha value is -1.08. The Morgan fingerprint density at radius 2 is 2.56 bits per heavy atom. The third-order valence-corrected chi connectivity index (χ3v) is 3.51. The highest BCUT2D eigenvalue weighted by Crippen LogP contribution is 2.20. The van der Waals surface area contributed by atoms with Gasteiger partial charge in [0, 0.05) is 6.54 Å². The Kier molecular flexibility index (Phi) is 5.00. The quantitative estimate of drug-likeness (QED) is 0.750. The number of nitrogens with one attached hydrogen (secondary N) is 2. The van der Waals surface area contributed by atoms with E-state index in [2.05, 4.69) is 20.8 Å². The predicted octanol–water partition coefficient (Wildman–Crippen LogP) is 0.977. The maximum absolute atomic E-state index is 11.7. The first-order chi connectivity index (χ1) is 8.81. The van der Waals surface area contributed by atoms with Crippen LogP contribution >= 0.6 is 11.8 Å². The average molecular weight is 270 g/mol. The number of carbonyl (C=O) groups excluding carboxylic acids is 1. The second-order valence-electron chi connectivity index (χ2n) is 4.21. The number of rotatable bonds is 6. The van der Waals surface area contributed by atoms with Crippen LogP contribution in [-0.2, 0) is 0 Å². The lowest BCUT2D eigenvalue weighted by molar-refractivity contribution is 0.0940. The normalized spacial score (nSPS) is 19.1. The molecule has 1 atom stereocenters. The van der Waals surface area contributed by atoms with Gasteiger partial charge in [-0.3, -0.25) is 4.79 Å². The van der Waals surface area contributed by atoms with E-state index in [1.807, 2.05) is 6.26 Å². The van der Waals surface area contributed by atoms with Crippen molar-refractivity contribution in [2.75, 3.05) is 25.1 Å². The van der Waals surface area contributed by atoms with Crippen LogP contribution in [0.4, 0.5) is 0 Å². The topological polar surface area (TPSA) is 80.0 Å². The molecule has 1 aliphatic rings. The summed E-state index contributed by atoms with van der Waals surface area (Å²) in [6.45, 7) is 1.61. The molecule has 7 heteroatoms. The monoisotopic (exact) mass is 270 g/mol. The summed E-state index contributed by atoms with van der Waals surface area (Å²) in [5, 5.41) is 9.75. The summed E-state index contributed by atoms with van der Waals surface area (Å²) in [4.78, 5) is 15.8. The minimum Gasteiger partial charge on any atom is -0.349 e. The summed E-state index contributed by atoms with van der Waals surface area (Å²) in [7, 11) is 0. The zero-order valence-corrected chi connectivity index (χ0v) is 11.3. The maximum Gasteiger partial charge on any atom is 0.292 e. The predicted molar refractivity (Wildman–Crippen MR) is 69.6 cm³/mol. The molecule has 0 saturated carbocycles. The van der Waals surface area contributed by atoms with Crippen molar-refractivity contribution in [1.82, 2.24) is 20.8 Å². The molecular weight excluding hydrogens is 252 g/mol. The van der Waals surface area contributed by atoms with Crippen LogP contribution in [-0.4, -0.2) is 41.1 Å². The first-order valence-electron chi connectivity index (χ1n) is 6.15. The highest BCUT2D eigenvalue weighted by Gasteiger charge is 2.24. The van der Waals surface area contributed by atoms with Crippen LogP contribution < -0.4 is 10.6 Å². The smallest absolute Gasteiger partial charge is 0.292 e. The fourth-order valence-electron chi connectivity index (χ4n) is 1.86. The molecule has 6 nitrogen and oxygen atoms in total. The van der Waals surface area contributed by atoms with Gasteiger partial charge in [-0.15, -0.1) is 0 Å². The Bertz CT molecular complexity index is 390. The van der Waals surface area contributed by atoms with E-state index in [1.165, 1.54) is 0 Å². The number of hydrogen-bond donors (Lipinski definition) is 2. The van der Waals surface area contributed by atoms with E-state index in [-0.39, 0.29) is 17.8 Å². The SMILES string of the molecule is CSCCCNC(=O)c1noc(C2CCCN2)n1. The van der Waals surface area contributed by atoms with Crippen molar-refractivity contribution in [1.29, 1.82) is 0 Å². The third-order valence-electron chi connectivity index (χ3n) is 2.81. The van der Waals surface area contributed by atoms with Crippen LogP contribution in [0.25, 0.3) is 0 Å². The van der Waals surface area contributed by atoms with Gasteiger partial charge in [0.15, 0.2) is 0 Å². The molecule has 1 saturated heterocycles. The molecule has 1 aromatic rings. The highest BCUT2D eigenvalue weighted by molar-refractivity contribution is 7.98. The standard InChI is InChI=1S/C11H18N4O2S/c1-18-7-3-6-13-10(16)9-14-11(17-15-9)8-4-2-5-12-8/h8,12H,2-7H2,1H3,(H,13,16). The Labute approximate surface area is 110 Å². The average Bonchev–Trinajstić information content (AvgIpc) is 3.03. The van der Waals surface area contributed by atoms with E-state index in [0.29, 0.717) is 12.4 Å². The molecule has 0 spiro atoms. The van der Waals surface area contributed by atoms with Gasteiger partial charge in [-0.2, -0.15) is 16.7 Å². The molecule has 0 bridgehead atoms. The number of amides is 1. The minimum absolute atomic E-state index is 0.107. The number of thioether (sulfide) groups is 1. The molecule has 18 heavy (non-hydrogen) atoms. The van der Waals surface area contributed by atoms with Gasteiger partial charge in [0.25, 0.3) is 11.7 Å². The molecule has 1 fully saturated rings. The van der Waals surface area contributed by atoms with Crippen LogP contribution in [0, 0.1) is 0 Å². The van der Waals surface area contributed by atoms with E-state index < -0.39 is 0 Å². The summed E-state index contributed by atoms with van der Waals surface area (Å²) < 4.78 is 5.11. The molecule has 1 aromatic heterocycles. The van der Waals surface area contributed by atoms with Crippen LogP contribution in [0.2, 0.25) is 0 Å². The Morgan fingerprint density at radius 3 is 3.28 bits per heavy atom. The third kappa shape index (κ3) is 3.46. The largest absolute Gasteiger partial charge is 0.349 e. The second kappa shape index (κ2) is 6.75. The number of nitrogens with zero attached hydrogens (tertiary/aromatic N) is 2. The van der Waals surface area contributed by atoms with Gasteiger partial charge >= 0.3 is 0 Å². The summed E-state index contributed by atoms with van der Waals surface area (Å²) >= 11 is 1.76. The van der Waals surface area contributed by atoms with E-state index in [1.54, 1.807) is 11.8 Å². The van der Waals surface area contributed by atoms with Crippen LogP contribution in [0.3, 0.4) is 0 Å². The lowest BCUT2D eigenvalue weighted by atomic mass is 10.2. The van der Waals surface area contributed by atoms with Crippen molar-refractivity contribution in [3.63, 3.8) is 0 Å². The van der Waals surface area contributed by atoms with E-state index in [0.717, 1.165) is 31.6 Å². The molecule has 1 unspecified atom stereocenters. The van der Waals surface area contributed by atoms with E-state index >= 15 is 0 Å². The van der Waals surface area contributed by atoms with Gasteiger partial charge in [-0.25, -0.2) is 0 Å². The van der Waals surface area contributed by atoms with Crippen LogP contribution in [0.1, 0.15) is 41.8 Å². The summed E-state index contributed by atoms with van der Waals surface area (Å²) in [6, 6.07) is 0.107. The molecule has 0 aliphatic carbocycles. The minimum atomic E-state index is -0.260. The molecule has 0 radical (unpaired) electrons. The first-order valence-corrected chi connectivity index (χ1v) is 7.55. The fraction of sp³-hybridized carbons (Fsp3) is 0.727. The van der Waals surface area contributed by atoms with Gasteiger partial charge < -0.3 is 15.2 Å². The van der Waals surface area contributed by atoms with E-state index in [4.69, 9.17) is 4.52 Å². The summed E-state index contributed by atoms with van der Waals surface area (Å²) in [6.07, 6.45) is 5.07. The van der Waals surface area contributed by atoms with Crippen molar-refractivity contribution in [2.24, 2.45) is 0 Å². The lowest BCUT2D eigenvalue weighted by Gasteiger charge is -2.01. The van der Waals surface area contributed by atoms with Crippen molar-refractivity contribution < 1.29 is 9.32 Å². The number of carbonyl (C=O) groups is 1. The van der Waals surface area contributed by atoms with Crippen LogP contribution in [0.15, 0.2) is 4.52 Å². The molecule has 0 aromatic carbocycles. The number of aromatic nitrogens is 2. The second-order valence-corrected chi connectivity index (χ2v) is 5.19. The highest BCUT2D eigenvalue weighted by atomic mass is 32.2. The number of hydrogen-bond acceptors (Lipinski definition) is 6. The fourth-order valence-corrected chi connectivity index (χ4v) is 2.29. The van der Waals surface area contributed by atoms with Crippen molar-refractivity contribution in [3.05, 3.63) is 11.7 Å². The summed E-state index contributed by atoms with van der Waals surface area (Å²) in [5.74, 6) is 1.41. The van der Waals surface area contributed by atoms with Gasteiger partial charge in [-0.1, -0.05) is 5.16 Å². The Morgan fingerprint density at radius 1 is 1.67 bits per heavy atom. The van der Waals surface area contributed by atoms with Crippen LogP contribution in [0.5, 0.6) is 0 Å². The van der Waals surface area contributed by atoms with Crippen molar-refractivity contribution in [2.45, 2.75) is 25.3 Å². The molecule has 2 N–H and O–H groups in total. The molecule has 100 valence electrons. The van der Waals surface area contributed by atoms with Gasteiger partial charge in [-0.05, 0) is 37.8 Å². The maximum atomic E-state index is 11.7. The van der Waals surface area contributed by atoms with Crippen molar-refractivity contribution >= 4 is 17.7 Å². The molecule has 1 aliphatic heterocycles. The molecule has 2 heterocycles. The van der Waals surface area contributed by atoms with Gasteiger partial charge in [0.1, 0.15) is 0 Å². The molecule has 1 amide bonds. The molecular formula is C11H18N4O2S. The summed E-state index contributed by atoms with van der Waals surface area (Å²) in [5.41, 5.74) is 0. The first kappa shape index (κ1) is 13.4. The van der Waals surface area contributed by atoms with Gasteiger partial charge in [0.2, 0.25) is 5.89 Å². The Balaban J connectivity index is 1.83. The lowest BCUT2D eigenvalue weighted by Crippen LogP contribution is -2.26.